The summed E-state index contributed by atoms with van der Waals surface area (Å²) in [5, 5.41) is 15.4. The number of nitrogens with zero attached hydrogens (tertiary/aromatic N) is 3. The van der Waals surface area contributed by atoms with E-state index in [1.54, 1.807) is 22.7 Å². The number of thiazole rings is 1. The normalized spacial score (nSPS) is 12.8. The first-order valence-corrected chi connectivity index (χ1v) is 8.30. The van der Waals surface area contributed by atoms with Crippen molar-refractivity contribution in [1.29, 1.82) is 0 Å². The fourth-order valence-corrected chi connectivity index (χ4v) is 3.97. The van der Waals surface area contributed by atoms with Crippen LogP contribution in [0.25, 0.3) is 9.88 Å². The smallest absolute Gasteiger partial charge is 0.159 e. The van der Waals surface area contributed by atoms with Crippen LogP contribution in [0.4, 0.5) is 0 Å². The first-order chi connectivity index (χ1) is 9.15. The highest BCUT2D eigenvalue weighted by Gasteiger charge is 2.17. The van der Waals surface area contributed by atoms with Gasteiger partial charge < -0.3 is 5.32 Å². The monoisotopic (exact) mass is 296 g/mol. The highest BCUT2D eigenvalue weighted by Crippen LogP contribution is 2.33. The first-order valence-electron chi connectivity index (χ1n) is 6.66. The van der Waals surface area contributed by atoms with Crippen molar-refractivity contribution in [3.05, 3.63) is 15.7 Å². The summed E-state index contributed by atoms with van der Waals surface area (Å²) in [4.78, 5) is 5.61. The lowest BCUT2D eigenvalue weighted by molar-refractivity contribution is 0.513. The number of hydrogen-bond acceptors (Lipinski definition) is 6. The summed E-state index contributed by atoms with van der Waals surface area (Å²) in [6.45, 7) is 9.44. The minimum absolute atomic E-state index is 0.320. The van der Waals surface area contributed by atoms with Crippen molar-refractivity contribution in [3.63, 3.8) is 0 Å². The SMILES string of the molecule is CCCNC(CC)c1nnc(-c2sc(C)nc2C)s1. The molecule has 2 aromatic rings. The Morgan fingerprint density at radius 3 is 2.53 bits per heavy atom. The lowest BCUT2D eigenvalue weighted by Gasteiger charge is -2.12. The van der Waals surface area contributed by atoms with Crippen LogP contribution in [-0.2, 0) is 0 Å². The number of nitrogens with one attached hydrogen (secondary N) is 1. The maximum atomic E-state index is 4.45. The van der Waals surface area contributed by atoms with Crippen LogP contribution in [0.1, 0.15) is 48.4 Å². The quantitative estimate of drug-likeness (QED) is 0.882. The maximum absolute atomic E-state index is 4.45. The highest BCUT2D eigenvalue weighted by molar-refractivity contribution is 7.21. The summed E-state index contributed by atoms with van der Waals surface area (Å²) >= 11 is 3.38. The molecule has 0 fully saturated rings. The third-order valence-corrected chi connectivity index (χ3v) is 5.15. The van der Waals surface area contributed by atoms with Crippen molar-refractivity contribution in [2.75, 3.05) is 6.54 Å². The summed E-state index contributed by atoms with van der Waals surface area (Å²) in [5.41, 5.74) is 1.06. The van der Waals surface area contributed by atoms with Gasteiger partial charge in [-0.3, -0.25) is 0 Å². The molecular formula is C13H20N4S2. The fraction of sp³-hybridized carbons (Fsp3) is 0.615. The Labute approximate surface area is 122 Å². The molecule has 4 nitrogen and oxygen atoms in total. The second kappa shape index (κ2) is 6.54. The van der Waals surface area contributed by atoms with Gasteiger partial charge in [0.1, 0.15) is 5.01 Å². The molecule has 0 spiro atoms. The summed E-state index contributed by atoms with van der Waals surface area (Å²) in [6.07, 6.45) is 2.17. The van der Waals surface area contributed by atoms with Crippen molar-refractivity contribution in [2.45, 2.75) is 46.6 Å². The molecule has 2 rings (SSSR count). The predicted octanol–water partition coefficient (Wildman–Crippen LogP) is 3.73. The van der Waals surface area contributed by atoms with Gasteiger partial charge in [-0.05, 0) is 33.2 Å². The Bertz CT molecular complexity index is 532. The van der Waals surface area contributed by atoms with Gasteiger partial charge in [-0.1, -0.05) is 25.2 Å². The minimum Gasteiger partial charge on any atom is -0.308 e. The highest BCUT2D eigenvalue weighted by atomic mass is 32.1. The second-order valence-corrected chi connectivity index (χ2v) is 6.72. The standard InChI is InChI=1S/C13H20N4S2/c1-5-7-14-10(6-2)12-16-17-13(19-12)11-8(3)15-9(4)18-11/h10,14H,5-7H2,1-4H3. The van der Waals surface area contributed by atoms with Gasteiger partial charge in [0.25, 0.3) is 0 Å². The molecule has 0 bridgehead atoms. The molecule has 1 unspecified atom stereocenters. The van der Waals surface area contributed by atoms with Crippen LogP contribution >= 0.6 is 22.7 Å². The van der Waals surface area contributed by atoms with E-state index in [2.05, 4.69) is 34.3 Å². The van der Waals surface area contributed by atoms with Crippen LogP contribution in [-0.4, -0.2) is 21.7 Å². The third kappa shape index (κ3) is 3.38. The molecule has 104 valence electrons. The van der Waals surface area contributed by atoms with E-state index in [0.717, 1.165) is 45.0 Å². The van der Waals surface area contributed by atoms with Crippen LogP contribution in [0.5, 0.6) is 0 Å². The molecule has 0 saturated carbocycles. The zero-order chi connectivity index (χ0) is 13.8. The first kappa shape index (κ1) is 14.6. The molecule has 0 amide bonds. The summed E-state index contributed by atoms with van der Waals surface area (Å²) in [5.74, 6) is 0. The molecule has 0 aliphatic heterocycles. The van der Waals surface area contributed by atoms with Crippen LogP contribution < -0.4 is 5.32 Å². The number of aromatic nitrogens is 3. The number of hydrogen-bond donors (Lipinski definition) is 1. The Balaban J connectivity index is 2.20. The van der Waals surface area contributed by atoms with E-state index in [4.69, 9.17) is 0 Å². The van der Waals surface area contributed by atoms with E-state index in [9.17, 15) is 0 Å². The molecule has 19 heavy (non-hydrogen) atoms. The van der Waals surface area contributed by atoms with Crippen LogP contribution in [0.15, 0.2) is 0 Å². The van der Waals surface area contributed by atoms with E-state index in [1.807, 2.05) is 13.8 Å². The van der Waals surface area contributed by atoms with E-state index in [0.29, 0.717) is 6.04 Å². The maximum Gasteiger partial charge on any atom is 0.159 e. The van der Waals surface area contributed by atoms with Gasteiger partial charge >= 0.3 is 0 Å². The minimum atomic E-state index is 0.320. The molecule has 0 aliphatic carbocycles. The zero-order valence-corrected chi connectivity index (χ0v) is 13.5. The molecule has 1 atom stereocenters. The number of rotatable bonds is 6. The molecule has 0 saturated heterocycles. The summed E-state index contributed by atoms with van der Waals surface area (Å²) in [6, 6.07) is 0.320. The summed E-state index contributed by atoms with van der Waals surface area (Å²) < 4.78 is 0. The third-order valence-electron chi connectivity index (χ3n) is 2.89. The van der Waals surface area contributed by atoms with Gasteiger partial charge in [0.2, 0.25) is 0 Å². The fourth-order valence-electron chi connectivity index (χ4n) is 1.92. The average Bonchev–Trinajstić information content (AvgIpc) is 2.97. The Hall–Kier alpha value is -0.850. The average molecular weight is 296 g/mol. The van der Waals surface area contributed by atoms with Gasteiger partial charge in [-0.25, -0.2) is 4.98 Å². The van der Waals surface area contributed by atoms with Crippen molar-refractivity contribution in [3.8, 4) is 9.88 Å². The summed E-state index contributed by atoms with van der Waals surface area (Å²) in [7, 11) is 0. The molecule has 1 N–H and O–H groups in total. The predicted molar refractivity (Wildman–Crippen MR) is 81.8 cm³/mol. The van der Waals surface area contributed by atoms with Crippen LogP contribution in [0.3, 0.4) is 0 Å². The van der Waals surface area contributed by atoms with E-state index in [-0.39, 0.29) is 0 Å². The largest absolute Gasteiger partial charge is 0.308 e. The molecule has 2 aromatic heterocycles. The lowest BCUT2D eigenvalue weighted by atomic mass is 10.2. The topological polar surface area (TPSA) is 50.7 Å². The van der Waals surface area contributed by atoms with Crippen molar-refractivity contribution < 1.29 is 0 Å². The van der Waals surface area contributed by atoms with E-state index in [1.165, 1.54) is 0 Å². The van der Waals surface area contributed by atoms with E-state index >= 15 is 0 Å². The van der Waals surface area contributed by atoms with Crippen LogP contribution in [0.2, 0.25) is 0 Å². The Morgan fingerprint density at radius 1 is 1.16 bits per heavy atom. The molecular weight excluding hydrogens is 276 g/mol. The van der Waals surface area contributed by atoms with Crippen LogP contribution in [0, 0.1) is 13.8 Å². The van der Waals surface area contributed by atoms with Gasteiger partial charge in [-0.2, -0.15) is 0 Å². The van der Waals surface area contributed by atoms with E-state index < -0.39 is 0 Å². The van der Waals surface area contributed by atoms with Gasteiger partial charge in [0, 0.05) is 0 Å². The zero-order valence-electron chi connectivity index (χ0n) is 11.9. The Morgan fingerprint density at radius 2 is 1.95 bits per heavy atom. The van der Waals surface area contributed by atoms with Crippen molar-refractivity contribution in [2.24, 2.45) is 0 Å². The molecule has 6 heteroatoms. The van der Waals surface area contributed by atoms with Gasteiger partial charge in [0.15, 0.2) is 5.01 Å². The van der Waals surface area contributed by atoms with Gasteiger partial charge in [0.05, 0.1) is 21.6 Å². The number of aryl methyl sites for hydroxylation is 2. The van der Waals surface area contributed by atoms with Gasteiger partial charge in [-0.15, -0.1) is 21.5 Å². The molecule has 0 aromatic carbocycles. The molecule has 2 heterocycles. The Kier molecular flexibility index (Phi) is 5.01. The lowest BCUT2D eigenvalue weighted by Crippen LogP contribution is -2.21. The molecule has 0 radical (unpaired) electrons. The van der Waals surface area contributed by atoms with Crippen molar-refractivity contribution >= 4 is 22.7 Å². The van der Waals surface area contributed by atoms with Crippen molar-refractivity contribution in [1.82, 2.24) is 20.5 Å². The second-order valence-electron chi connectivity index (χ2n) is 4.51. The molecule has 0 aliphatic rings.